The van der Waals surface area contributed by atoms with Crippen molar-refractivity contribution in [1.29, 1.82) is 0 Å². The number of para-hydroxylation sites is 1. The van der Waals surface area contributed by atoms with Gasteiger partial charge in [0.1, 0.15) is 5.75 Å². The van der Waals surface area contributed by atoms with E-state index in [9.17, 15) is 14.7 Å². The highest BCUT2D eigenvalue weighted by Gasteiger charge is 2.22. The Morgan fingerprint density at radius 1 is 1.19 bits per heavy atom. The van der Waals surface area contributed by atoms with Crippen molar-refractivity contribution in [2.75, 3.05) is 11.9 Å². The maximum atomic E-state index is 12.4. The molecule has 0 saturated carbocycles. The number of ketones is 1. The molecule has 0 aromatic heterocycles. The van der Waals surface area contributed by atoms with Gasteiger partial charge >= 0.3 is 0 Å². The number of rotatable bonds is 5. The minimum Gasteiger partial charge on any atom is -0.491 e. The van der Waals surface area contributed by atoms with Gasteiger partial charge in [-0.05, 0) is 31.5 Å². The van der Waals surface area contributed by atoms with Crippen LogP contribution < -0.4 is 10.1 Å². The first-order chi connectivity index (χ1) is 12.5. The molecule has 3 rings (SSSR count). The second-order valence-electron chi connectivity index (χ2n) is 6.67. The summed E-state index contributed by atoms with van der Waals surface area (Å²) < 4.78 is 5.61. The first kappa shape index (κ1) is 18.1. The average Bonchev–Trinajstić information content (AvgIpc) is 2.62. The summed E-state index contributed by atoms with van der Waals surface area (Å²) in [5.74, 6) is 0.226. The predicted octanol–water partition coefficient (Wildman–Crippen LogP) is 3.72. The maximum Gasteiger partial charge on any atom is 0.224 e. The minimum absolute atomic E-state index is 0.0388. The fraction of sp³-hybridized carbons (Fsp3) is 0.333. The van der Waals surface area contributed by atoms with Gasteiger partial charge in [0.05, 0.1) is 18.4 Å². The van der Waals surface area contributed by atoms with E-state index in [0.29, 0.717) is 35.6 Å². The molecule has 0 bridgehead atoms. The molecule has 1 aliphatic rings. The normalized spacial score (nSPS) is 15.7. The second-order valence-corrected chi connectivity index (χ2v) is 6.67. The van der Waals surface area contributed by atoms with Crippen LogP contribution in [0.5, 0.6) is 5.75 Å². The standard InChI is InChI=1S/C21H23NO4/c1-13-6-7-14(2)16(12-13)18(23)8-9-20(25)22-17-5-3-4-15-19(24)10-11-26-21(15)17/h3-7,12,19,24H,8-11H2,1-2H3,(H,22,25)/t19-/m1/s1. The lowest BCUT2D eigenvalue weighted by molar-refractivity contribution is -0.116. The van der Waals surface area contributed by atoms with Gasteiger partial charge < -0.3 is 15.2 Å². The number of aliphatic hydroxyl groups excluding tert-OH is 1. The highest BCUT2D eigenvalue weighted by atomic mass is 16.5. The fourth-order valence-electron chi connectivity index (χ4n) is 3.12. The summed E-state index contributed by atoms with van der Waals surface area (Å²) in [5, 5.41) is 12.8. The van der Waals surface area contributed by atoms with E-state index in [1.54, 1.807) is 18.2 Å². The van der Waals surface area contributed by atoms with Crippen LogP contribution in [0.15, 0.2) is 36.4 Å². The number of aliphatic hydroxyl groups is 1. The van der Waals surface area contributed by atoms with Crippen LogP contribution >= 0.6 is 0 Å². The summed E-state index contributed by atoms with van der Waals surface area (Å²) in [6, 6.07) is 11.0. The summed E-state index contributed by atoms with van der Waals surface area (Å²) in [5.41, 5.74) is 3.82. The van der Waals surface area contributed by atoms with E-state index in [1.165, 1.54) is 0 Å². The molecule has 1 atom stereocenters. The number of ether oxygens (including phenoxy) is 1. The van der Waals surface area contributed by atoms with E-state index in [4.69, 9.17) is 4.74 Å². The van der Waals surface area contributed by atoms with Gasteiger partial charge in [-0.15, -0.1) is 0 Å². The van der Waals surface area contributed by atoms with E-state index < -0.39 is 6.10 Å². The monoisotopic (exact) mass is 353 g/mol. The maximum absolute atomic E-state index is 12.4. The Kier molecular flexibility index (Phi) is 5.38. The number of anilines is 1. The smallest absolute Gasteiger partial charge is 0.224 e. The summed E-state index contributed by atoms with van der Waals surface area (Å²) in [6.07, 6.45) is 0.198. The van der Waals surface area contributed by atoms with Gasteiger partial charge in [-0.3, -0.25) is 9.59 Å². The number of hydrogen-bond donors (Lipinski definition) is 2. The third-order valence-corrected chi connectivity index (χ3v) is 4.59. The van der Waals surface area contributed by atoms with E-state index in [2.05, 4.69) is 5.32 Å². The Hall–Kier alpha value is -2.66. The Morgan fingerprint density at radius 3 is 2.81 bits per heavy atom. The molecule has 2 aromatic rings. The zero-order valence-electron chi connectivity index (χ0n) is 15.0. The van der Waals surface area contributed by atoms with Crippen LogP contribution in [0.2, 0.25) is 0 Å². The number of nitrogens with one attached hydrogen (secondary N) is 1. The molecular weight excluding hydrogens is 330 g/mol. The number of aryl methyl sites for hydroxylation is 2. The molecule has 5 heteroatoms. The predicted molar refractivity (Wildman–Crippen MR) is 99.6 cm³/mol. The van der Waals surface area contributed by atoms with E-state index in [0.717, 1.165) is 11.1 Å². The van der Waals surface area contributed by atoms with Crippen LogP contribution in [-0.4, -0.2) is 23.4 Å². The van der Waals surface area contributed by atoms with Crippen molar-refractivity contribution < 1.29 is 19.4 Å². The minimum atomic E-state index is -0.582. The Bertz CT molecular complexity index is 844. The number of benzene rings is 2. The average molecular weight is 353 g/mol. The molecule has 1 heterocycles. The zero-order valence-corrected chi connectivity index (χ0v) is 15.0. The molecule has 0 fully saturated rings. The number of amides is 1. The highest BCUT2D eigenvalue weighted by molar-refractivity contribution is 6.01. The molecular formula is C21H23NO4. The molecule has 1 aliphatic heterocycles. The first-order valence-corrected chi connectivity index (χ1v) is 8.80. The molecule has 136 valence electrons. The van der Waals surface area contributed by atoms with E-state index in [-0.39, 0.29) is 24.5 Å². The van der Waals surface area contributed by atoms with Gasteiger partial charge in [0.25, 0.3) is 0 Å². The third-order valence-electron chi connectivity index (χ3n) is 4.59. The zero-order chi connectivity index (χ0) is 18.7. The van der Waals surface area contributed by atoms with Crippen LogP contribution in [0.3, 0.4) is 0 Å². The SMILES string of the molecule is Cc1ccc(C)c(C(=O)CCC(=O)Nc2cccc3c2OCC[C@H]3O)c1. The van der Waals surface area contributed by atoms with Crippen molar-refractivity contribution in [3.8, 4) is 5.75 Å². The lowest BCUT2D eigenvalue weighted by Crippen LogP contribution is -2.18. The first-order valence-electron chi connectivity index (χ1n) is 8.80. The molecule has 0 unspecified atom stereocenters. The Morgan fingerprint density at radius 2 is 2.00 bits per heavy atom. The van der Waals surface area contributed by atoms with Gasteiger partial charge in [-0.2, -0.15) is 0 Å². The number of Topliss-reactive ketones (excluding diaryl/α,β-unsaturated/α-hetero) is 1. The van der Waals surface area contributed by atoms with Crippen LogP contribution in [-0.2, 0) is 4.79 Å². The molecule has 26 heavy (non-hydrogen) atoms. The molecule has 0 spiro atoms. The van der Waals surface area contributed by atoms with Crippen LogP contribution in [0.25, 0.3) is 0 Å². The summed E-state index contributed by atoms with van der Waals surface area (Å²) in [4.78, 5) is 24.7. The number of hydrogen-bond acceptors (Lipinski definition) is 4. The quantitative estimate of drug-likeness (QED) is 0.803. The highest BCUT2D eigenvalue weighted by Crippen LogP contribution is 2.37. The van der Waals surface area contributed by atoms with Crippen LogP contribution in [0.1, 0.15) is 52.4 Å². The summed E-state index contributed by atoms with van der Waals surface area (Å²) in [6.45, 7) is 4.24. The van der Waals surface area contributed by atoms with Gasteiger partial charge in [-0.1, -0.05) is 29.8 Å². The second kappa shape index (κ2) is 7.70. The van der Waals surface area contributed by atoms with Gasteiger partial charge in [0, 0.05) is 30.4 Å². The molecule has 0 radical (unpaired) electrons. The van der Waals surface area contributed by atoms with E-state index >= 15 is 0 Å². The summed E-state index contributed by atoms with van der Waals surface area (Å²) >= 11 is 0. The molecule has 0 aliphatic carbocycles. The number of carbonyl (C=O) groups excluding carboxylic acids is 2. The van der Waals surface area contributed by atoms with Gasteiger partial charge in [0.15, 0.2) is 5.78 Å². The van der Waals surface area contributed by atoms with Crippen molar-refractivity contribution in [1.82, 2.24) is 0 Å². The fourth-order valence-corrected chi connectivity index (χ4v) is 3.12. The van der Waals surface area contributed by atoms with Gasteiger partial charge in [0.2, 0.25) is 5.91 Å². The molecule has 1 amide bonds. The lowest BCUT2D eigenvalue weighted by Gasteiger charge is -2.24. The topological polar surface area (TPSA) is 75.6 Å². The Balaban J connectivity index is 1.64. The molecule has 0 saturated heterocycles. The van der Waals surface area contributed by atoms with Gasteiger partial charge in [-0.25, -0.2) is 0 Å². The molecule has 2 aromatic carbocycles. The van der Waals surface area contributed by atoms with Crippen molar-refractivity contribution in [3.63, 3.8) is 0 Å². The van der Waals surface area contributed by atoms with Crippen molar-refractivity contribution in [3.05, 3.63) is 58.7 Å². The van der Waals surface area contributed by atoms with Crippen LogP contribution in [0, 0.1) is 13.8 Å². The van der Waals surface area contributed by atoms with Crippen molar-refractivity contribution >= 4 is 17.4 Å². The largest absolute Gasteiger partial charge is 0.491 e. The Labute approximate surface area is 153 Å². The van der Waals surface area contributed by atoms with Crippen LogP contribution in [0.4, 0.5) is 5.69 Å². The lowest BCUT2D eigenvalue weighted by atomic mass is 9.99. The molecule has 5 nitrogen and oxygen atoms in total. The van der Waals surface area contributed by atoms with Crippen molar-refractivity contribution in [2.45, 2.75) is 39.2 Å². The van der Waals surface area contributed by atoms with Crippen molar-refractivity contribution in [2.24, 2.45) is 0 Å². The van der Waals surface area contributed by atoms with E-state index in [1.807, 2.05) is 32.0 Å². The number of fused-ring (bicyclic) bond motifs is 1. The third kappa shape index (κ3) is 3.94. The number of carbonyl (C=O) groups is 2. The summed E-state index contributed by atoms with van der Waals surface area (Å²) in [7, 11) is 0. The molecule has 2 N–H and O–H groups in total.